The number of benzene rings is 1. The zero-order valence-electron chi connectivity index (χ0n) is 9.68. The highest BCUT2D eigenvalue weighted by molar-refractivity contribution is 5.49. The number of nitrogens with two attached hydrogens (primary N) is 1. The molecule has 1 aromatic rings. The van der Waals surface area contributed by atoms with Crippen molar-refractivity contribution in [3.05, 3.63) is 42.0 Å². The fourth-order valence-electron chi connectivity index (χ4n) is 2.21. The van der Waals surface area contributed by atoms with Gasteiger partial charge in [0.1, 0.15) is 0 Å². The molecule has 0 spiro atoms. The summed E-state index contributed by atoms with van der Waals surface area (Å²) in [7, 11) is 0. The van der Waals surface area contributed by atoms with Crippen LogP contribution in [0.25, 0.3) is 6.08 Å². The number of hydrogen-bond acceptors (Lipinski definition) is 2. The van der Waals surface area contributed by atoms with E-state index in [2.05, 4.69) is 41.3 Å². The number of nitrogens with zero attached hydrogens (tertiary/aromatic N) is 1. The van der Waals surface area contributed by atoms with Crippen molar-refractivity contribution < 1.29 is 0 Å². The molecule has 0 aromatic heterocycles. The van der Waals surface area contributed by atoms with Gasteiger partial charge in [-0.25, -0.2) is 0 Å². The van der Waals surface area contributed by atoms with Gasteiger partial charge in [-0.15, -0.1) is 0 Å². The van der Waals surface area contributed by atoms with Gasteiger partial charge in [-0.05, 0) is 31.5 Å². The molecule has 16 heavy (non-hydrogen) atoms. The van der Waals surface area contributed by atoms with Crippen LogP contribution in [-0.2, 0) is 0 Å². The molecule has 1 atom stereocenters. The molecular weight excluding hydrogens is 196 g/mol. The molecule has 1 heterocycles. The lowest BCUT2D eigenvalue weighted by Gasteiger charge is -2.22. The Labute approximate surface area is 97.8 Å². The number of hydrogen-bond donors (Lipinski definition) is 1. The van der Waals surface area contributed by atoms with Crippen molar-refractivity contribution in [2.75, 3.05) is 19.6 Å². The fraction of sp³-hybridized carbons (Fsp3) is 0.429. The van der Waals surface area contributed by atoms with E-state index in [9.17, 15) is 0 Å². The molecule has 1 fully saturated rings. The van der Waals surface area contributed by atoms with E-state index in [0.29, 0.717) is 12.6 Å². The third-order valence-electron chi connectivity index (χ3n) is 3.16. The smallest absolute Gasteiger partial charge is 0.0404 e. The zero-order valence-corrected chi connectivity index (χ0v) is 9.68. The van der Waals surface area contributed by atoms with Gasteiger partial charge in [-0.1, -0.05) is 42.5 Å². The predicted octanol–water partition coefficient (Wildman–Crippen LogP) is 2.12. The summed E-state index contributed by atoms with van der Waals surface area (Å²) in [6, 6.07) is 10.8. The first-order chi connectivity index (χ1) is 7.90. The topological polar surface area (TPSA) is 29.3 Å². The molecular formula is C14H20N2. The van der Waals surface area contributed by atoms with Gasteiger partial charge in [-0.2, -0.15) is 0 Å². The van der Waals surface area contributed by atoms with Crippen LogP contribution in [0.1, 0.15) is 18.4 Å². The number of rotatable bonds is 4. The summed E-state index contributed by atoms with van der Waals surface area (Å²) < 4.78 is 0. The second kappa shape index (κ2) is 5.83. The van der Waals surface area contributed by atoms with Crippen molar-refractivity contribution in [3.8, 4) is 0 Å². The molecule has 2 nitrogen and oxygen atoms in total. The highest BCUT2D eigenvalue weighted by Crippen LogP contribution is 2.13. The minimum absolute atomic E-state index is 0.405. The van der Waals surface area contributed by atoms with Crippen LogP contribution in [0.4, 0.5) is 0 Å². The Kier molecular flexibility index (Phi) is 4.14. The van der Waals surface area contributed by atoms with Crippen molar-refractivity contribution in [1.82, 2.24) is 4.90 Å². The van der Waals surface area contributed by atoms with E-state index >= 15 is 0 Å². The minimum atomic E-state index is 0.405. The van der Waals surface area contributed by atoms with E-state index in [1.165, 1.54) is 31.5 Å². The summed E-state index contributed by atoms with van der Waals surface area (Å²) in [5.41, 5.74) is 7.07. The molecule has 1 aromatic carbocycles. The number of likely N-dealkylation sites (tertiary alicyclic amines) is 1. The first-order valence-electron chi connectivity index (χ1n) is 6.07. The third kappa shape index (κ3) is 2.94. The zero-order chi connectivity index (χ0) is 11.2. The predicted molar refractivity (Wildman–Crippen MR) is 69.1 cm³/mol. The Morgan fingerprint density at radius 3 is 2.50 bits per heavy atom. The summed E-state index contributed by atoms with van der Waals surface area (Å²) in [6.07, 6.45) is 7.04. The molecule has 1 aliphatic heterocycles. The van der Waals surface area contributed by atoms with E-state index in [4.69, 9.17) is 5.73 Å². The highest BCUT2D eigenvalue weighted by Gasteiger charge is 2.17. The molecule has 0 amide bonds. The van der Waals surface area contributed by atoms with E-state index in [1.807, 2.05) is 6.07 Å². The molecule has 1 unspecified atom stereocenters. The van der Waals surface area contributed by atoms with Crippen LogP contribution in [0.15, 0.2) is 36.4 Å². The summed E-state index contributed by atoms with van der Waals surface area (Å²) in [4.78, 5) is 2.47. The van der Waals surface area contributed by atoms with Gasteiger partial charge in [-0.3, -0.25) is 4.90 Å². The molecule has 1 aliphatic rings. The Morgan fingerprint density at radius 2 is 1.88 bits per heavy atom. The summed E-state index contributed by atoms with van der Waals surface area (Å²) >= 11 is 0. The Bertz CT molecular complexity index is 326. The van der Waals surface area contributed by atoms with Crippen molar-refractivity contribution in [2.24, 2.45) is 5.73 Å². The van der Waals surface area contributed by atoms with Gasteiger partial charge in [0.25, 0.3) is 0 Å². The molecule has 1 saturated heterocycles. The molecule has 0 radical (unpaired) electrons. The lowest BCUT2D eigenvalue weighted by atomic mass is 10.1. The fourth-order valence-corrected chi connectivity index (χ4v) is 2.21. The first-order valence-corrected chi connectivity index (χ1v) is 6.07. The lowest BCUT2D eigenvalue weighted by Crippen LogP contribution is -2.36. The Morgan fingerprint density at radius 1 is 1.19 bits per heavy atom. The maximum Gasteiger partial charge on any atom is 0.0404 e. The van der Waals surface area contributed by atoms with Crippen LogP contribution in [0.2, 0.25) is 0 Å². The van der Waals surface area contributed by atoms with E-state index in [1.54, 1.807) is 0 Å². The van der Waals surface area contributed by atoms with Gasteiger partial charge in [0.15, 0.2) is 0 Å². The largest absolute Gasteiger partial charge is 0.329 e. The second-order valence-corrected chi connectivity index (χ2v) is 4.32. The van der Waals surface area contributed by atoms with Crippen LogP contribution in [0.3, 0.4) is 0 Å². The van der Waals surface area contributed by atoms with Crippen molar-refractivity contribution >= 4 is 6.08 Å². The van der Waals surface area contributed by atoms with E-state index in [-0.39, 0.29) is 0 Å². The van der Waals surface area contributed by atoms with Crippen LogP contribution >= 0.6 is 0 Å². The van der Waals surface area contributed by atoms with Crippen LogP contribution in [0.5, 0.6) is 0 Å². The first kappa shape index (κ1) is 11.4. The third-order valence-corrected chi connectivity index (χ3v) is 3.16. The highest BCUT2D eigenvalue weighted by atomic mass is 15.2. The van der Waals surface area contributed by atoms with Crippen LogP contribution in [0, 0.1) is 0 Å². The maximum absolute atomic E-state index is 5.82. The molecule has 86 valence electrons. The van der Waals surface area contributed by atoms with Crippen LogP contribution < -0.4 is 5.73 Å². The average molecular weight is 216 g/mol. The molecule has 0 saturated carbocycles. The molecule has 0 aliphatic carbocycles. The van der Waals surface area contributed by atoms with Crippen molar-refractivity contribution in [1.29, 1.82) is 0 Å². The summed E-state index contributed by atoms with van der Waals surface area (Å²) in [6.45, 7) is 3.10. The molecule has 2 rings (SSSR count). The summed E-state index contributed by atoms with van der Waals surface area (Å²) in [5, 5.41) is 0. The van der Waals surface area contributed by atoms with Gasteiger partial charge >= 0.3 is 0 Å². The lowest BCUT2D eigenvalue weighted by molar-refractivity contribution is 0.289. The molecule has 0 bridgehead atoms. The normalized spacial score (nSPS) is 19.3. The second-order valence-electron chi connectivity index (χ2n) is 4.32. The molecule has 2 N–H and O–H groups in total. The quantitative estimate of drug-likeness (QED) is 0.835. The summed E-state index contributed by atoms with van der Waals surface area (Å²) in [5.74, 6) is 0. The maximum atomic E-state index is 5.82. The Balaban J connectivity index is 1.98. The van der Waals surface area contributed by atoms with Gasteiger partial charge < -0.3 is 5.73 Å². The monoisotopic (exact) mass is 216 g/mol. The average Bonchev–Trinajstić information content (AvgIpc) is 2.85. The van der Waals surface area contributed by atoms with E-state index < -0.39 is 0 Å². The minimum Gasteiger partial charge on any atom is -0.329 e. The molecule has 2 heteroatoms. The van der Waals surface area contributed by atoms with Gasteiger partial charge in [0, 0.05) is 12.6 Å². The van der Waals surface area contributed by atoms with Crippen molar-refractivity contribution in [3.63, 3.8) is 0 Å². The van der Waals surface area contributed by atoms with Crippen LogP contribution in [-0.4, -0.2) is 30.6 Å². The van der Waals surface area contributed by atoms with E-state index in [0.717, 1.165) is 0 Å². The van der Waals surface area contributed by atoms with Gasteiger partial charge in [0.2, 0.25) is 0 Å². The standard InChI is InChI=1S/C14H20N2/c15-12-14(16-10-4-5-11-16)9-8-13-6-2-1-3-7-13/h1-3,6-9,14H,4-5,10-12,15H2/b9-8-. The SMILES string of the molecule is NCC(/C=C\c1ccccc1)N1CCCC1. The van der Waals surface area contributed by atoms with Crippen molar-refractivity contribution in [2.45, 2.75) is 18.9 Å². The Hall–Kier alpha value is -1.12. The van der Waals surface area contributed by atoms with Gasteiger partial charge in [0.05, 0.1) is 0 Å².